The number of nitrogens with zero attached hydrogens (tertiary/aromatic N) is 1. The molecule has 4 heteroatoms. The van der Waals surface area contributed by atoms with Crippen molar-refractivity contribution >= 4 is 11.8 Å². The van der Waals surface area contributed by atoms with Crippen molar-refractivity contribution in [1.29, 1.82) is 0 Å². The first-order chi connectivity index (χ1) is 7.09. The lowest BCUT2D eigenvalue weighted by atomic mass is 10.1. The summed E-state index contributed by atoms with van der Waals surface area (Å²) in [5.74, 6) is -0.465. The molecule has 2 amide bonds. The van der Waals surface area contributed by atoms with Crippen LogP contribution in [0.3, 0.4) is 0 Å². The first-order valence-electron chi connectivity index (χ1n) is 4.80. The van der Waals surface area contributed by atoms with Crippen LogP contribution >= 0.6 is 0 Å². The average Bonchev–Trinajstić information content (AvgIpc) is 2.94. The van der Waals surface area contributed by atoms with Gasteiger partial charge in [0.15, 0.2) is 0 Å². The van der Waals surface area contributed by atoms with E-state index in [1.54, 1.807) is 29.2 Å². The summed E-state index contributed by atoms with van der Waals surface area (Å²) >= 11 is 0. The van der Waals surface area contributed by atoms with Gasteiger partial charge in [0.2, 0.25) is 5.91 Å². The van der Waals surface area contributed by atoms with Crippen molar-refractivity contribution in [2.45, 2.75) is 13.0 Å². The summed E-state index contributed by atoms with van der Waals surface area (Å²) in [4.78, 5) is 24.3. The van der Waals surface area contributed by atoms with E-state index in [4.69, 9.17) is 5.73 Å². The summed E-state index contributed by atoms with van der Waals surface area (Å²) in [7, 11) is 0. The summed E-state index contributed by atoms with van der Waals surface area (Å²) in [6, 6.07) is 6.75. The van der Waals surface area contributed by atoms with Crippen molar-refractivity contribution in [1.82, 2.24) is 4.90 Å². The smallest absolute Gasteiger partial charge is 0.254 e. The Morgan fingerprint density at radius 1 is 1.27 bits per heavy atom. The van der Waals surface area contributed by atoms with Gasteiger partial charge in [-0.25, -0.2) is 0 Å². The molecule has 0 aliphatic carbocycles. The highest BCUT2D eigenvalue weighted by Gasteiger charge is 2.34. The molecule has 1 atom stereocenters. The molecule has 1 aromatic rings. The van der Waals surface area contributed by atoms with E-state index in [2.05, 4.69) is 0 Å². The van der Waals surface area contributed by atoms with Gasteiger partial charge in [-0.3, -0.25) is 9.59 Å². The molecule has 0 aromatic heterocycles. The molecule has 4 nitrogen and oxygen atoms in total. The Hall–Kier alpha value is -1.84. The van der Waals surface area contributed by atoms with Gasteiger partial charge in [-0.2, -0.15) is 0 Å². The highest BCUT2D eigenvalue weighted by atomic mass is 16.2. The molecule has 0 saturated carbocycles. The monoisotopic (exact) mass is 204 g/mol. The fraction of sp³-hybridized carbons (Fsp3) is 0.273. The standard InChI is InChI=1S/C11H12N2O2/c1-7-6-13(7)11(15)9-4-2-8(3-5-9)10(12)14/h2-5,7H,6H2,1H3,(H2,12,14). The van der Waals surface area contributed by atoms with Crippen molar-refractivity contribution in [2.75, 3.05) is 6.54 Å². The van der Waals surface area contributed by atoms with E-state index >= 15 is 0 Å². The topological polar surface area (TPSA) is 63.2 Å². The van der Waals surface area contributed by atoms with Gasteiger partial charge in [0.1, 0.15) is 0 Å². The van der Waals surface area contributed by atoms with Crippen molar-refractivity contribution in [3.8, 4) is 0 Å². The minimum absolute atomic E-state index is 0.0125. The Morgan fingerprint density at radius 3 is 2.13 bits per heavy atom. The van der Waals surface area contributed by atoms with Crippen molar-refractivity contribution < 1.29 is 9.59 Å². The maximum atomic E-state index is 11.7. The Kier molecular flexibility index (Phi) is 2.19. The van der Waals surface area contributed by atoms with Crippen LogP contribution in [0.15, 0.2) is 24.3 Å². The normalized spacial score (nSPS) is 18.7. The number of primary amides is 1. The minimum Gasteiger partial charge on any atom is -0.366 e. The Bertz CT molecular complexity index is 411. The summed E-state index contributed by atoms with van der Waals surface area (Å²) in [5.41, 5.74) is 6.12. The van der Waals surface area contributed by atoms with Gasteiger partial charge >= 0.3 is 0 Å². The molecule has 2 rings (SSSR count). The van der Waals surface area contributed by atoms with Crippen LogP contribution in [0, 0.1) is 0 Å². The van der Waals surface area contributed by atoms with Gasteiger partial charge in [-0.1, -0.05) is 0 Å². The number of nitrogens with two attached hydrogens (primary N) is 1. The second-order valence-corrected chi connectivity index (χ2v) is 3.75. The first kappa shape index (κ1) is 9.71. The van der Waals surface area contributed by atoms with Gasteiger partial charge in [0.05, 0.1) is 0 Å². The lowest BCUT2D eigenvalue weighted by Gasteiger charge is -2.03. The average molecular weight is 204 g/mol. The van der Waals surface area contributed by atoms with E-state index in [1.807, 2.05) is 6.92 Å². The molecule has 1 fully saturated rings. The van der Waals surface area contributed by atoms with Crippen LogP contribution in [0.2, 0.25) is 0 Å². The minimum atomic E-state index is -0.478. The Labute approximate surface area is 87.7 Å². The van der Waals surface area contributed by atoms with E-state index < -0.39 is 5.91 Å². The van der Waals surface area contributed by atoms with E-state index in [1.165, 1.54) is 0 Å². The van der Waals surface area contributed by atoms with Crippen LogP contribution in [-0.4, -0.2) is 29.3 Å². The zero-order chi connectivity index (χ0) is 11.0. The number of hydrogen-bond donors (Lipinski definition) is 1. The summed E-state index contributed by atoms with van der Waals surface area (Å²) in [6.45, 7) is 2.81. The number of carbonyl (C=O) groups is 2. The Morgan fingerprint density at radius 2 is 1.73 bits per heavy atom. The fourth-order valence-electron chi connectivity index (χ4n) is 1.46. The number of benzene rings is 1. The molecule has 15 heavy (non-hydrogen) atoms. The summed E-state index contributed by atoms with van der Waals surface area (Å²) in [5, 5.41) is 0. The van der Waals surface area contributed by atoms with E-state index in [0.717, 1.165) is 6.54 Å². The second kappa shape index (κ2) is 3.38. The molecule has 1 aliphatic heterocycles. The lowest BCUT2D eigenvalue weighted by Crippen LogP contribution is -2.14. The van der Waals surface area contributed by atoms with Crippen LogP contribution in [0.4, 0.5) is 0 Å². The van der Waals surface area contributed by atoms with Crippen LogP contribution in [0.1, 0.15) is 27.6 Å². The van der Waals surface area contributed by atoms with Gasteiger partial charge in [0.25, 0.3) is 5.91 Å². The maximum Gasteiger partial charge on any atom is 0.254 e. The van der Waals surface area contributed by atoms with Crippen LogP contribution < -0.4 is 5.73 Å². The highest BCUT2D eigenvalue weighted by molar-refractivity contribution is 5.98. The number of amides is 2. The maximum absolute atomic E-state index is 11.7. The fourth-order valence-corrected chi connectivity index (χ4v) is 1.46. The molecule has 1 aromatic carbocycles. The van der Waals surface area contributed by atoms with Gasteiger partial charge in [-0.15, -0.1) is 0 Å². The highest BCUT2D eigenvalue weighted by Crippen LogP contribution is 2.20. The molecule has 1 aliphatic rings. The summed E-state index contributed by atoms with van der Waals surface area (Å²) in [6.07, 6.45) is 0. The third kappa shape index (κ3) is 1.83. The van der Waals surface area contributed by atoms with Crippen molar-refractivity contribution in [3.05, 3.63) is 35.4 Å². The molecule has 1 heterocycles. The number of carbonyl (C=O) groups excluding carboxylic acids is 2. The zero-order valence-electron chi connectivity index (χ0n) is 8.43. The van der Waals surface area contributed by atoms with Crippen LogP contribution in [0.5, 0.6) is 0 Å². The number of hydrogen-bond acceptors (Lipinski definition) is 2. The van der Waals surface area contributed by atoms with Gasteiger partial charge < -0.3 is 10.6 Å². The molecule has 0 spiro atoms. The first-order valence-corrected chi connectivity index (χ1v) is 4.80. The second-order valence-electron chi connectivity index (χ2n) is 3.75. The third-order valence-corrected chi connectivity index (χ3v) is 2.54. The van der Waals surface area contributed by atoms with Gasteiger partial charge in [-0.05, 0) is 31.2 Å². The Balaban J connectivity index is 2.16. The van der Waals surface area contributed by atoms with E-state index in [9.17, 15) is 9.59 Å². The van der Waals surface area contributed by atoms with Crippen molar-refractivity contribution in [2.24, 2.45) is 5.73 Å². The number of rotatable bonds is 2. The molecule has 2 N–H and O–H groups in total. The van der Waals surface area contributed by atoms with E-state index in [-0.39, 0.29) is 5.91 Å². The van der Waals surface area contributed by atoms with Gasteiger partial charge in [0, 0.05) is 23.7 Å². The lowest BCUT2D eigenvalue weighted by molar-refractivity contribution is 0.0875. The zero-order valence-corrected chi connectivity index (χ0v) is 8.43. The molecular weight excluding hydrogens is 192 g/mol. The van der Waals surface area contributed by atoms with Crippen LogP contribution in [-0.2, 0) is 0 Å². The predicted octanol–water partition coefficient (Wildman–Crippen LogP) is 0.630. The molecule has 0 bridgehead atoms. The molecule has 0 radical (unpaired) electrons. The SMILES string of the molecule is CC1CN1C(=O)c1ccc(C(N)=O)cc1. The molecule has 78 valence electrons. The quantitative estimate of drug-likeness (QED) is 0.718. The third-order valence-electron chi connectivity index (χ3n) is 2.54. The molecular formula is C11H12N2O2. The predicted molar refractivity (Wildman–Crippen MR) is 55.5 cm³/mol. The summed E-state index contributed by atoms with van der Waals surface area (Å²) < 4.78 is 0. The van der Waals surface area contributed by atoms with Crippen LogP contribution in [0.25, 0.3) is 0 Å². The molecule has 1 saturated heterocycles. The largest absolute Gasteiger partial charge is 0.366 e. The molecule has 1 unspecified atom stereocenters. The van der Waals surface area contributed by atoms with Crippen molar-refractivity contribution in [3.63, 3.8) is 0 Å². The van der Waals surface area contributed by atoms with E-state index in [0.29, 0.717) is 17.2 Å².